The molecular weight excluding hydrogens is 314 g/mol. The van der Waals surface area contributed by atoms with Crippen LogP contribution in [0, 0.1) is 0 Å². The fourth-order valence-corrected chi connectivity index (χ4v) is 2.64. The van der Waals surface area contributed by atoms with Crippen molar-refractivity contribution in [1.82, 2.24) is 10.3 Å². The molecular formula is C16H21N3O3S. The van der Waals surface area contributed by atoms with E-state index >= 15 is 0 Å². The molecule has 2 N–H and O–H groups in total. The molecule has 0 saturated heterocycles. The second-order valence-corrected chi connectivity index (χ2v) is 6.79. The number of anilines is 1. The molecule has 1 aromatic heterocycles. The molecule has 0 radical (unpaired) electrons. The molecule has 2 rings (SSSR count). The van der Waals surface area contributed by atoms with Crippen molar-refractivity contribution in [2.24, 2.45) is 0 Å². The zero-order chi connectivity index (χ0) is 17.0. The first-order chi connectivity index (χ1) is 10.8. The fraction of sp³-hybridized carbons (Fsp3) is 0.375. The average Bonchev–Trinajstić information content (AvgIpc) is 2.92. The number of thiazole rings is 1. The lowest BCUT2D eigenvalue weighted by Crippen LogP contribution is -2.43. The van der Waals surface area contributed by atoms with E-state index < -0.39 is 0 Å². The highest BCUT2D eigenvalue weighted by Gasteiger charge is 2.16. The zero-order valence-electron chi connectivity index (χ0n) is 13.9. The van der Waals surface area contributed by atoms with Gasteiger partial charge in [0.05, 0.1) is 19.9 Å². The Morgan fingerprint density at radius 1 is 1.22 bits per heavy atom. The van der Waals surface area contributed by atoms with E-state index in [-0.39, 0.29) is 11.6 Å². The number of nitrogens with zero attached hydrogens (tertiary/aromatic N) is 1. The summed E-state index contributed by atoms with van der Waals surface area (Å²) >= 11 is 1.36. The van der Waals surface area contributed by atoms with Gasteiger partial charge in [0, 0.05) is 22.5 Å². The number of carbonyl (C=O) groups excluding carboxylic acids is 1. The van der Waals surface area contributed by atoms with E-state index in [1.165, 1.54) is 11.3 Å². The highest BCUT2D eigenvalue weighted by Crippen LogP contribution is 2.34. The maximum atomic E-state index is 11.9. The Morgan fingerprint density at radius 2 is 1.96 bits per heavy atom. The van der Waals surface area contributed by atoms with Gasteiger partial charge in [0.15, 0.2) is 5.13 Å². The largest absolute Gasteiger partial charge is 0.497 e. The summed E-state index contributed by atoms with van der Waals surface area (Å²) < 4.78 is 10.6. The molecule has 6 nitrogen and oxygen atoms in total. The van der Waals surface area contributed by atoms with Gasteiger partial charge in [-0.3, -0.25) is 5.32 Å². The summed E-state index contributed by atoms with van der Waals surface area (Å²) in [5.41, 5.74) is 1.28. The van der Waals surface area contributed by atoms with Crippen LogP contribution in [0.4, 0.5) is 9.93 Å². The van der Waals surface area contributed by atoms with E-state index in [1.54, 1.807) is 20.3 Å². The topological polar surface area (TPSA) is 72.5 Å². The van der Waals surface area contributed by atoms with Gasteiger partial charge >= 0.3 is 6.03 Å². The van der Waals surface area contributed by atoms with Gasteiger partial charge in [-0.1, -0.05) is 0 Å². The minimum Gasteiger partial charge on any atom is -0.497 e. The van der Waals surface area contributed by atoms with Gasteiger partial charge in [-0.25, -0.2) is 9.78 Å². The first-order valence-corrected chi connectivity index (χ1v) is 7.97. The van der Waals surface area contributed by atoms with E-state index in [0.29, 0.717) is 16.6 Å². The molecule has 0 fully saturated rings. The third-order valence-electron chi connectivity index (χ3n) is 2.90. The van der Waals surface area contributed by atoms with Crippen molar-refractivity contribution >= 4 is 22.5 Å². The van der Waals surface area contributed by atoms with Crippen LogP contribution in [0.25, 0.3) is 11.3 Å². The number of rotatable bonds is 4. The molecule has 0 unspecified atom stereocenters. The Labute approximate surface area is 139 Å². The van der Waals surface area contributed by atoms with E-state index in [4.69, 9.17) is 9.47 Å². The van der Waals surface area contributed by atoms with Crippen LogP contribution < -0.4 is 20.1 Å². The Bertz CT molecular complexity index is 692. The molecule has 0 saturated carbocycles. The molecule has 0 atom stereocenters. The lowest BCUT2D eigenvalue weighted by molar-refractivity contribution is 0.244. The van der Waals surface area contributed by atoms with Gasteiger partial charge < -0.3 is 14.8 Å². The number of nitrogens with one attached hydrogen (secondary N) is 2. The molecule has 2 aromatic rings. The lowest BCUT2D eigenvalue weighted by atomic mass is 10.1. The number of urea groups is 1. The molecule has 0 bridgehead atoms. The van der Waals surface area contributed by atoms with Crippen molar-refractivity contribution < 1.29 is 14.3 Å². The third kappa shape index (κ3) is 4.59. The predicted octanol–water partition coefficient (Wildman–Crippen LogP) is 3.75. The monoisotopic (exact) mass is 335 g/mol. The van der Waals surface area contributed by atoms with Crippen LogP contribution in [-0.4, -0.2) is 30.8 Å². The summed E-state index contributed by atoms with van der Waals surface area (Å²) in [6.07, 6.45) is 0. The van der Waals surface area contributed by atoms with Crippen LogP contribution in [0.15, 0.2) is 23.6 Å². The first-order valence-electron chi connectivity index (χ1n) is 7.09. The van der Waals surface area contributed by atoms with Gasteiger partial charge in [0.1, 0.15) is 11.5 Å². The lowest BCUT2D eigenvalue weighted by Gasteiger charge is -2.20. The average molecular weight is 335 g/mol. The van der Waals surface area contributed by atoms with Gasteiger partial charge in [0.25, 0.3) is 0 Å². The van der Waals surface area contributed by atoms with Crippen LogP contribution in [0.5, 0.6) is 11.5 Å². The number of amides is 2. The van der Waals surface area contributed by atoms with Crippen molar-refractivity contribution in [3.63, 3.8) is 0 Å². The third-order valence-corrected chi connectivity index (χ3v) is 3.66. The molecule has 124 valence electrons. The maximum Gasteiger partial charge on any atom is 0.321 e. The van der Waals surface area contributed by atoms with Crippen molar-refractivity contribution in [3.05, 3.63) is 23.6 Å². The van der Waals surface area contributed by atoms with Crippen molar-refractivity contribution in [3.8, 4) is 22.8 Å². The van der Waals surface area contributed by atoms with Gasteiger partial charge in [-0.05, 0) is 32.9 Å². The molecule has 0 aliphatic rings. The smallest absolute Gasteiger partial charge is 0.321 e. The number of ether oxygens (including phenoxy) is 2. The molecule has 0 spiro atoms. The number of carbonyl (C=O) groups is 1. The minimum atomic E-state index is -0.302. The van der Waals surface area contributed by atoms with Gasteiger partial charge in [0.2, 0.25) is 0 Å². The quantitative estimate of drug-likeness (QED) is 0.892. The first kappa shape index (κ1) is 17.1. The molecule has 1 aromatic carbocycles. The van der Waals surface area contributed by atoms with E-state index in [0.717, 1.165) is 11.3 Å². The highest BCUT2D eigenvalue weighted by atomic mass is 32.1. The fourth-order valence-electron chi connectivity index (χ4n) is 1.93. The number of benzene rings is 1. The van der Waals surface area contributed by atoms with Crippen LogP contribution in [-0.2, 0) is 0 Å². The predicted molar refractivity (Wildman–Crippen MR) is 92.6 cm³/mol. The van der Waals surface area contributed by atoms with Crippen molar-refractivity contribution in [2.45, 2.75) is 26.3 Å². The van der Waals surface area contributed by atoms with Crippen molar-refractivity contribution in [2.75, 3.05) is 19.5 Å². The summed E-state index contributed by atoms with van der Waals surface area (Å²) in [7, 11) is 3.20. The van der Waals surface area contributed by atoms with Gasteiger partial charge in [-0.15, -0.1) is 11.3 Å². The van der Waals surface area contributed by atoms with Crippen LogP contribution >= 0.6 is 11.3 Å². The normalized spacial score (nSPS) is 11.0. The van der Waals surface area contributed by atoms with Gasteiger partial charge in [-0.2, -0.15) is 0 Å². The SMILES string of the molecule is COc1ccc(-c2csc(NC(=O)NC(C)(C)C)n2)c(OC)c1. The molecule has 23 heavy (non-hydrogen) atoms. The zero-order valence-corrected chi connectivity index (χ0v) is 14.7. The summed E-state index contributed by atoms with van der Waals surface area (Å²) in [5.74, 6) is 1.38. The van der Waals surface area contributed by atoms with Crippen LogP contribution in [0.1, 0.15) is 20.8 Å². The molecule has 0 aliphatic heterocycles. The van der Waals surface area contributed by atoms with Crippen LogP contribution in [0.3, 0.4) is 0 Å². The second kappa shape index (κ2) is 6.87. The van der Waals surface area contributed by atoms with E-state index in [1.807, 2.05) is 38.3 Å². The second-order valence-electron chi connectivity index (χ2n) is 5.93. The summed E-state index contributed by atoms with van der Waals surface area (Å²) in [6.45, 7) is 5.76. The number of hydrogen-bond acceptors (Lipinski definition) is 5. The summed E-state index contributed by atoms with van der Waals surface area (Å²) in [5, 5.41) is 7.97. The summed E-state index contributed by atoms with van der Waals surface area (Å²) in [6, 6.07) is 5.25. The number of methoxy groups -OCH3 is 2. The minimum absolute atomic E-state index is 0.278. The van der Waals surface area contributed by atoms with E-state index in [9.17, 15) is 4.79 Å². The number of aromatic nitrogens is 1. The molecule has 2 amide bonds. The highest BCUT2D eigenvalue weighted by molar-refractivity contribution is 7.14. The molecule has 0 aliphatic carbocycles. The summed E-state index contributed by atoms with van der Waals surface area (Å²) in [4.78, 5) is 16.3. The standard InChI is InChI=1S/C16H21N3O3S/c1-16(2,3)19-14(20)18-15-17-12(9-23-15)11-7-6-10(21-4)8-13(11)22-5/h6-9H,1-5H3,(H2,17,18,19,20). The Kier molecular flexibility index (Phi) is 5.10. The number of hydrogen-bond donors (Lipinski definition) is 2. The molecule has 7 heteroatoms. The maximum absolute atomic E-state index is 11.9. The molecule has 1 heterocycles. The van der Waals surface area contributed by atoms with Crippen LogP contribution in [0.2, 0.25) is 0 Å². The Hall–Kier alpha value is -2.28. The Morgan fingerprint density at radius 3 is 2.57 bits per heavy atom. The Balaban J connectivity index is 2.18. The van der Waals surface area contributed by atoms with Crippen molar-refractivity contribution in [1.29, 1.82) is 0 Å². The van der Waals surface area contributed by atoms with E-state index in [2.05, 4.69) is 15.6 Å².